The first kappa shape index (κ1) is 13.2. The van der Waals surface area contributed by atoms with E-state index in [2.05, 4.69) is 0 Å². The van der Waals surface area contributed by atoms with Gasteiger partial charge in [-0.15, -0.1) is 0 Å². The largest absolute Gasteiger partial charge is 0.504 e. The molecule has 2 rings (SSSR count). The van der Waals surface area contributed by atoms with E-state index in [1.807, 2.05) is 0 Å². The van der Waals surface area contributed by atoms with Gasteiger partial charge in [0, 0.05) is 7.05 Å². The summed E-state index contributed by atoms with van der Waals surface area (Å²) in [4.78, 5) is 24.6. The highest BCUT2D eigenvalue weighted by Crippen LogP contribution is 2.27. The van der Waals surface area contributed by atoms with Gasteiger partial charge in [-0.05, 0) is 32.9 Å². The van der Waals surface area contributed by atoms with Gasteiger partial charge in [0.05, 0.1) is 16.3 Å². The number of fused-ring (bicyclic) bond motifs is 1. The van der Waals surface area contributed by atoms with Crippen LogP contribution in [-0.2, 0) is 12.6 Å². The van der Waals surface area contributed by atoms with Crippen molar-refractivity contribution in [1.29, 1.82) is 0 Å². The average molecular weight is 264 g/mol. The van der Waals surface area contributed by atoms with E-state index < -0.39 is 22.6 Å². The second-order valence-electron chi connectivity index (χ2n) is 5.50. The molecule has 0 aliphatic rings. The predicted octanol–water partition coefficient (Wildman–Crippen LogP) is 0.866. The molecule has 6 nitrogen and oxygen atoms in total. The standard InChI is InChI=1S/C13H16N2O4/c1-13(2,3)15-12(19)8-6-10(17)9(16)5-7(8)11(18)14(15)4/h5-6,16-17H,1-4H3. The lowest BCUT2D eigenvalue weighted by Gasteiger charge is -2.25. The Morgan fingerprint density at radius 1 is 0.947 bits per heavy atom. The van der Waals surface area contributed by atoms with Crippen LogP contribution in [0.25, 0.3) is 10.8 Å². The monoisotopic (exact) mass is 264 g/mol. The molecule has 6 heteroatoms. The summed E-state index contributed by atoms with van der Waals surface area (Å²) < 4.78 is 2.55. The molecule has 0 saturated carbocycles. The zero-order valence-electron chi connectivity index (χ0n) is 11.3. The van der Waals surface area contributed by atoms with Crippen LogP contribution < -0.4 is 11.1 Å². The number of nitrogens with zero attached hydrogens (tertiary/aromatic N) is 2. The zero-order valence-corrected chi connectivity index (χ0v) is 11.3. The number of hydrogen-bond donors (Lipinski definition) is 2. The topological polar surface area (TPSA) is 84.5 Å². The highest BCUT2D eigenvalue weighted by molar-refractivity contribution is 5.84. The molecule has 2 aromatic rings. The number of aromatic nitrogens is 2. The molecule has 1 heterocycles. The lowest BCUT2D eigenvalue weighted by atomic mass is 10.1. The van der Waals surface area contributed by atoms with Gasteiger partial charge in [-0.25, -0.2) is 9.36 Å². The van der Waals surface area contributed by atoms with Gasteiger partial charge < -0.3 is 10.2 Å². The van der Waals surface area contributed by atoms with Crippen molar-refractivity contribution >= 4 is 10.8 Å². The third-order valence-corrected chi connectivity index (χ3v) is 3.00. The molecule has 0 amide bonds. The normalized spacial score (nSPS) is 12.0. The Kier molecular flexibility index (Phi) is 2.69. The Labute approximate surface area is 109 Å². The quantitative estimate of drug-likeness (QED) is 0.691. The summed E-state index contributed by atoms with van der Waals surface area (Å²) in [5, 5.41) is 19.1. The van der Waals surface area contributed by atoms with Crippen molar-refractivity contribution in [2.24, 2.45) is 7.05 Å². The molecule has 0 bridgehead atoms. The van der Waals surface area contributed by atoms with Gasteiger partial charge in [-0.2, -0.15) is 0 Å². The molecule has 0 spiro atoms. The van der Waals surface area contributed by atoms with Crippen LogP contribution in [0.2, 0.25) is 0 Å². The van der Waals surface area contributed by atoms with E-state index in [0.29, 0.717) is 0 Å². The summed E-state index contributed by atoms with van der Waals surface area (Å²) in [6.45, 7) is 5.42. The molecule has 0 radical (unpaired) electrons. The van der Waals surface area contributed by atoms with Crippen LogP contribution in [0.1, 0.15) is 20.8 Å². The van der Waals surface area contributed by atoms with E-state index in [1.165, 1.54) is 16.4 Å². The van der Waals surface area contributed by atoms with Crippen LogP contribution in [0.15, 0.2) is 21.7 Å². The Morgan fingerprint density at radius 3 is 1.79 bits per heavy atom. The Bertz CT molecular complexity index is 778. The van der Waals surface area contributed by atoms with Crippen molar-refractivity contribution in [1.82, 2.24) is 9.36 Å². The Hall–Kier alpha value is -2.24. The molecule has 1 aromatic heterocycles. The predicted molar refractivity (Wildman–Crippen MR) is 71.8 cm³/mol. The number of phenols is 2. The van der Waals surface area contributed by atoms with E-state index in [9.17, 15) is 19.8 Å². The minimum Gasteiger partial charge on any atom is -0.504 e. The third-order valence-electron chi connectivity index (χ3n) is 3.00. The van der Waals surface area contributed by atoms with E-state index in [0.717, 1.165) is 12.1 Å². The SMILES string of the molecule is Cn1c(=O)c2cc(O)c(O)cc2c(=O)n1C(C)(C)C. The summed E-state index contributed by atoms with van der Waals surface area (Å²) in [6, 6.07) is 2.23. The summed E-state index contributed by atoms with van der Waals surface area (Å²) in [6.07, 6.45) is 0. The summed E-state index contributed by atoms with van der Waals surface area (Å²) in [5.41, 5.74) is -1.37. The maximum absolute atomic E-state index is 12.4. The minimum atomic E-state index is -0.577. The molecule has 0 aliphatic heterocycles. The molecule has 102 valence electrons. The van der Waals surface area contributed by atoms with Crippen molar-refractivity contribution in [2.45, 2.75) is 26.3 Å². The van der Waals surface area contributed by atoms with E-state index in [1.54, 1.807) is 20.8 Å². The first-order valence-electron chi connectivity index (χ1n) is 5.83. The molecule has 1 aromatic carbocycles. The minimum absolute atomic E-state index is 0.0864. The molecule has 0 fully saturated rings. The number of aromatic hydroxyl groups is 2. The Morgan fingerprint density at radius 2 is 1.37 bits per heavy atom. The van der Waals surface area contributed by atoms with Crippen LogP contribution in [0, 0.1) is 0 Å². The number of phenolic OH excluding ortho intramolecular Hbond substituents is 2. The van der Waals surface area contributed by atoms with Crippen molar-refractivity contribution < 1.29 is 10.2 Å². The van der Waals surface area contributed by atoms with E-state index in [4.69, 9.17) is 0 Å². The summed E-state index contributed by atoms with van der Waals surface area (Å²) >= 11 is 0. The molecular formula is C13H16N2O4. The van der Waals surface area contributed by atoms with Crippen LogP contribution in [0.3, 0.4) is 0 Å². The van der Waals surface area contributed by atoms with Gasteiger partial charge in [-0.3, -0.25) is 9.59 Å². The highest BCUT2D eigenvalue weighted by atomic mass is 16.3. The first-order chi connectivity index (χ1) is 8.64. The smallest absolute Gasteiger partial charge is 0.273 e. The maximum Gasteiger partial charge on any atom is 0.273 e. The van der Waals surface area contributed by atoms with Crippen LogP contribution in [-0.4, -0.2) is 19.6 Å². The van der Waals surface area contributed by atoms with Crippen molar-refractivity contribution in [3.63, 3.8) is 0 Å². The third kappa shape index (κ3) is 1.89. The van der Waals surface area contributed by atoms with Crippen molar-refractivity contribution in [3.8, 4) is 11.5 Å². The summed E-state index contributed by atoms with van der Waals surface area (Å²) in [7, 11) is 1.50. The Balaban J connectivity index is 3.11. The second-order valence-corrected chi connectivity index (χ2v) is 5.50. The zero-order chi connectivity index (χ0) is 14.5. The van der Waals surface area contributed by atoms with Gasteiger partial charge in [-0.1, -0.05) is 0 Å². The molecule has 0 aliphatic carbocycles. The number of benzene rings is 1. The van der Waals surface area contributed by atoms with Crippen molar-refractivity contribution in [3.05, 3.63) is 32.8 Å². The molecule has 0 atom stereocenters. The molecule has 0 unspecified atom stereocenters. The fourth-order valence-electron chi connectivity index (χ4n) is 2.20. The van der Waals surface area contributed by atoms with Gasteiger partial charge in [0.25, 0.3) is 11.1 Å². The second kappa shape index (κ2) is 3.88. The van der Waals surface area contributed by atoms with Crippen LogP contribution in [0.4, 0.5) is 0 Å². The molecular weight excluding hydrogens is 248 g/mol. The number of rotatable bonds is 0. The van der Waals surface area contributed by atoms with Crippen LogP contribution >= 0.6 is 0 Å². The first-order valence-corrected chi connectivity index (χ1v) is 5.83. The van der Waals surface area contributed by atoms with Crippen molar-refractivity contribution in [2.75, 3.05) is 0 Å². The highest BCUT2D eigenvalue weighted by Gasteiger charge is 2.21. The summed E-state index contributed by atoms with van der Waals surface area (Å²) in [5.74, 6) is -0.837. The van der Waals surface area contributed by atoms with E-state index >= 15 is 0 Å². The fraction of sp³-hybridized carbons (Fsp3) is 0.385. The fourth-order valence-corrected chi connectivity index (χ4v) is 2.20. The van der Waals surface area contributed by atoms with Gasteiger partial charge in [0.15, 0.2) is 11.5 Å². The lowest BCUT2D eigenvalue weighted by Crippen LogP contribution is -2.45. The van der Waals surface area contributed by atoms with Gasteiger partial charge in [0.2, 0.25) is 0 Å². The average Bonchev–Trinajstić information content (AvgIpc) is 2.27. The van der Waals surface area contributed by atoms with E-state index in [-0.39, 0.29) is 16.3 Å². The van der Waals surface area contributed by atoms with Gasteiger partial charge >= 0.3 is 0 Å². The lowest BCUT2D eigenvalue weighted by molar-refractivity contribution is 0.290. The molecule has 0 saturated heterocycles. The maximum atomic E-state index is 12.4. The van der Waals surface area contributed by atoms with Crippen LogP contribution in [0.5, 0.6) is 11.5 Å². The number of hydrogen-bond acceptors (Lipinski definition) is 4. The molecule has 19 heavy (non-hydrogen) atoms. The molecule has 2 N–H and O–H groups in total. The van der Waals surface area contributed by atoms with Gasteiger partial charge in [0.1, 0.15) is 0 Å².